The molecule has 0 fully saturated rings. The van der Waals surface area contributed by atoms with Crippen molar-refractivity contribution >= 4 is 27.1 Å². The van der Waals surface area contributed by atoms with Crippen molar-refractivity contribution < 1.29 is 13.2 Å². The minimum atomic E-state index is -3.77. The van der Waals surface area contributed by atoms with E-state index in [1.807, 2.05) is 25.1 Å². The Hall–Kier alpha value is -2.25. The molecule has 0 aromatic heterocycles. The number of benzene rings is 2. The number of sulfonamides is 1. The molecule has 6 nitrogen and oxygen atoms in total. The van der Waals surface area contributed by atoms with Crippen LogP contribution < -0.4 is 20.9 Å². The molecule has 0 saturated heterocycles. The van der Waals surface area contributed by atoms with Crippen LogP contribution >= 0.6 is 0 Å². The van der Waals surface area contributed by atoms with E-state index in [-0.39, 0.29) is 4.90 Å². The summed E-state index contributed by atoms with van der Waals surface area (Å²) in [5, 5.41) is 8.17. The smallest absolute Gasteiger partial charge is 0.238 e. The first kappa shape index (κ1) is 15.1. The third-order valence-electron chi connectivity index (χ3n) is 2.78. The maximum Gasteiger partial charge on any atom is 0.238 e. The van der Waals surface area contributed by atoms with Crippen molar-refractivity contribution in [1.29, 1.82) is 0 Å². The highest BCUT2D eigenvalue weighted by molar-refractivity contribution is 7.89. The Morgan fingerprint density at radius 1 is 1.19 bits per heavy atom. The summed E-state index contributed by atoms with van der Waals surface area (Å²) < 4.78 is 28.2. The molecule has 112 valence electrons. The molecule has 2 rings (SSSR count). The minimum Gasteiger partial charge on any atom is -0.494 e. The summed E-state index contributed by atoms with van der Waals surface area (Å²) in [5.74, 6) is 0.712. The lowest BCUT2D eigenvalue weighted by Crippen LogP contribution is -2.12. The Bertz CT molecular complexity index is 745. The molecule has 0 unspecified atom stereocenters. The second kappa shape index (κ2) is 6.02. The first-order valence-corrected chi connectivity index (χ1v) is 7.87. The summed E-state index contributed by atoms with van der Waals surface area (Å²) in [6, 6.07) is 11.5. The number of hydrogen-bond acceptors (Lipinski definition) is 5. The predicted octanol–water partition coefficient (Wildman–Crippen LogP) is 2.06. The molecule has 2 aromatic carbocycles. The van der Waals surface area contributed by atoms with E-state index < -0.39 is 10.0 Å². The van der Waals surface area contributed by atoms with E-state index in [9.17, 15) is 8.42 Å². The standard InChI is InChI=1S/C14H17N3O3S/c1-2-20-11-5-3-4-10(8-11)17-14-9-12(21(16,18)19)6-7-13(14)15/h3-9,17H,2,15H2,1H3,(H2,16,18,19). The third-order valence-corrected chi connectivity index (χ3v) is 3.69. The van der Waals surface area contributed by atoms with Crippen LogP contribution in [0.25, 0.3) is 0 Å². The summed E-state index contributed by atoms with van der Waals surface area (Å²) in [6.07, 6.45) is 0. The van der Waals surface area contributed by atoms with Gasteiger partial charge in [-0.2, -0.15) is 0 Å². The molecule has 0 amide bonds. The number of hydrogen-bond donors (Lipinski definition) is 3. The molecule has 0 bridgehead atoms. The van der Waals surface area contributed by atoms with Gasteiger partial charge in [0, 0.05) is 11.8 Å². The van der Waals surface area contributed by atoms with E-state index in [1.54, 1.807) is 6.07 Å². The number of primary sulfonamides is 1. The van der Waals surface area contributed by atoms with E-state index >= 15 is 0 Å². The Labute approximate surface area is 123 Å². The van der Waals surface area contributed by atoms with Gasteiger partial charge in [0.25, 0.3) is 0 Å². The maximum atomic E-state index is 11.4. The van der Waals surface area contributed by atoms with Crippen molar-refractivity contribution in [2.45, 2.75) is 11.8 Å². The highest BCUT2D eigenvalue weighted by Gasteiger charge is 2.10. The Morgan fingerprint density at radius 3 is 2.62 bits per heavy atom. The van der Waals surface area contributed by atoms with Crippen LogP contribution in [-0.4, -0.2) is 15.0 Å². The topological polar surface area (TPSA) is 107 Å². The lowest BCUT2D eigenvalue weighted by atomic mass is 10.2. The fourth-order valence-corrected chi connectivity index (χ4v) is 2.35. The molecular formula is C14H17N3O3S. The normalized spacial score (nSPS) is 11.1. The number of ether oxygens (including phenoxy) is 1. The van der Waals surface area contributed by atoms with Crippen LogP contribution in [0.15, 0.2) is 47.4 Å². The largest absolute Gasteiger partial charge is 0.494 e. The highest BCUT2D eigenvalue weighted by Crippen LogP contribution is 2.27. The van der Waals surface area contributed by atoms with E-state index in [4.69, 9.17) is 15.6 Å². The van der Waals surface area contributed by atoms with Crippen LogP contribution in [0.5, 0.6) is 5.75 Å². The van der Waals surface area contributed by atoms with Crippen molar-refractivity contribution in [3.8, 4) is 5.75 Å². The van der Waals surface area contributed by atoms with E-state index in [0.29, 0.717) is 23.7 Å². The van der Waals surface area contributed by atoms with Crippen molar-refractivity contribution in [1.82, 2.24) is 0 Å². The second-order valence-electron chi connectivity index (χ2n) is 4.38. The lowest BCUT2D eigenvalue weighted by Gasteiger charge is -2.12. The monoisotopic (exact) mass is 307 g/mol. The second-order valence-corrected chi connectivity index (χ2v) is 5.94. The summed E-state index contributed by atoms with van der Waals surface area (Å²) in [6.45, 7) is 2.46. The molecule has 0 aliphatic carbocycles. The van der Waals surface area contributed by atoms with Crippen molar-refractivity contribution in [2.75, 3.05) is 17.7 Å². The Morgan fingerprint density at radius 2 is 1.95 bits per heavy atom. The van der Waals surface area contributed by atoms with E-state index in [0.717, 1.165) is 5.69 Å². The van der Waals surface area contributed by atoms with Gasteiger partial charge in [0.05, 0.1) is 22.9 Å². The first-order valence-electron chi connectivity index (χ1n) is 6.32. The SMILES string of the molecule is CCOc1cccc(Nc2cc(S(N)(=O)=O)ccc2N)c1. The van der Waals surface area contributed by atoms with Crippen LogP contribution in [-0.2, 0) is 10.0 Å². The van der Waals surface area contributed by atoms with Gasteiger partial charge >= 0.3 is 0 Å². The zero-order chi connectivity index (χ0) is 15.5. The van der Waals surface area contributed by atoms with Gasteiger partial charge in [-0.3, -0.25) is 0 Å². The van der Waals surface area contributed by atoms with Crippen LogP contribution in [0.2, 0.25) is 0 Å². The van der Waals surface area contributed by atoms with Gasteiger partial charge in [0.1, 0.15) is 5.75 Å². The summed E-state index contributed by atoms with van der Waals surface area (Å²) >= 11 is 0. The number of nitrogen functional groups attached to an aromatic ring is 1. The molecule has 0 aliphatic rings. The Balaban J connectivity index is 2.33. The molecule has 21 heavy (non-hydrogen) atoms. The number of rotatable bonds is 5. The zero-order valence-corrected chi connectivity index (χ0v) is 12.4. The van der Waals surface area contributed by atoms with Gasteiger partial charge in [-0.25, -0.2) is 13.6 Å². The van der Waals surface area contributed by atoms with Crippen LogP contribution in [0, 0.1) is 0 Å². The average Bonchev–Trinajstić information content (AvgIpc) is 2.41. The van der Waals surface area contributed by atoms with Gasteiger partial charge in [-0.1, -0.05) is 6.07 Å². The van der Waals surface area contributed by atoms with Crippen molar-refractivity contribution in [3.05, 3.63) is 42.5 Å². The third kappa shape index (κ3) is 3.87. The molecule has 7 heteroatoms. The Kier molecular flexibility index (Phi) is 4.35. The molecule has 0 spiro atoms. The average molecular weight is 307 g/mol. The summed E-state index contributed by atoms with van der Waals surface area (Å²) in [5.41, 5.74) is 7.47. The molecular weight excluding hydrogens is 290 g/mol. The fourth-order valence-electron chi connectivity index (χ4n) is 1.81. The molecule has 0 atom stereocenters. The van der Waals surface area contributed by atoms with Crippen molar-refractivity contribution in [2.24, 2.45) is 5.14 Å². The molecule has 0 radical (unpaired) electrons. The molecule has 0 heterocycles. The van der Waals surface area contributed by atoms with E-state index in [2.05, 4.69) is 5.32 Å². The van der Waals surface area contributed by atoms with Crippen molar-refractivity contribution in [3.63, 3.8) is 0 Å². The molecule has 5 N–H and O–H groups in total. The first-order chi connectivity index (χ1) is 9.90. The quantitative estimate of drug-likeness (QED) is 0.733. The number of nitrogens with one attached hydrogen (secondary N) is 1. The van der Waals surface area contributed by atoms with Gasteiger partial charge in [-0.15, -0.1) is 0 Å². The van der Waals surface area contributed by atoms with E-state index in [1.165, 1.54) is 18.2 Å². The van der Waals surface area contributed by atoms with Gasteiger partial charge in [0.2, 0.25) is 10.0 Å². The molecule has 0 saturated carbocycles. The summed E-state index contributed by atoms with van der Waals surface area (Å²) in [4.78, 5) is 0.000151. The van der Waals surface area contributed by atoms with Crippen LogP contribution in [0.4, 0.5) is 17.1 Å². The number of nitrogens with two attached hydrogens (primary N) is 2. The van der Waals surface area contributed by atoms with Crippen LogP contribution in [0.3, 0.4) is 0 Å². The fraction of sp³-hybridized carbons (Fsp3) is 0.143. The van der Waals surface area contributed by atoms with Crippen LogP contribution in [0.1, 0.15) is 6.92 Å². The summed E-state index contributed by atoms with van der Waals surface area (Å²) in [7, 11) is -3.77. The maximum absolute atomic E-state index is 11.4. The van der Waals surface area contributed by atoms with Gasteiger partial charge in [0.15, 0.2) is 0 Å². The molecule has 0 aliphatic heterocycles. The van der Waals surface area contributed by atoms with Gasteiger partial charge in [-0.05, 0) is 37.3 Å². The lowest BCUT2D eigenvalue weighted by molar-refractivity contribution is 0.340. The number of anilines is 3. The zero-order valence-electron chi connectivity index (χ0n) is 11.5. The minimum absolute atomic E-state index is 0.000151. The highest BCUT2D eigenvalue weighted by atomic mass is 32.2. The predicted molar refractivity (Wildman–Crippen MR) is 83.1 cm³/mol. The van der Waals surface area contributed by atoms with Gasteiger partial charge < -0.3 is 15.8 Å². The molecule has 2 aromatic rings.